The maximum Gasteiger partial charge on any atom is 0.0324 e. The third-order valence-electron chi connectivity index (χ3n) is 3.88. The van der Waals surface area contributed by atoms with E-state index in [1.54, 1.807) is 0 Å². The Morgan fingerprint density at radius 3 is 2.81 bits per heavy atom. The highest BCUT2D eigenvalue weighted by Gasteiger charge is 2.35. The summed E-state index contributed by atoms with van der Waals surface area (Å²) in [6.45, 7) is 3.13. The number of hydrogen-bond acceptors (Lipinski definition) is 3. The summed E-state index contributed by atoms with van der Waals surface area (Å²) in [6.07, 6.45) is 5.34. The molecule has 0 aliphatic heterocycles. The van der Waals surface area contributed by atoms with E-state index in [-0.39, 0.29) is 0 Å². The fraction of sp³-hybridized carbons (Fsp3) is 0.692. The second-order valence-electron chi connectivity index (χ2n) is 5.12. The Balaban J connectivity index is 1.73. The molecule has 2 N–H and O–H groups in total. The van der Waals surface area contributed by atoms with Crippen molar-refractivity contribution in [2.75, 3.05) is 20.1 Å². The van der Waals surface area contributed by atoms with Crippen molar-refractivity contribution in [3.05, 3.63) is 22.4 Å². The Morgan fingerprint density at radius 1 is 1.50 bits per heavy atom. The first-order valence-electron chi connectivity index (χ1n) is 6.15. The molecule has 0 radical (unpaired) electrons. The first-order chi connectivity index (χ1) is 7.74. The second kappa shape index (κ2) is 5.30. The number of rotatable bonds is 6. The van der Waals surface area contributed by atoms with Crippen molar-refractivity contribution in [3.63, 3.8) is 0 Å². The summed E-state index contributed by atoms with van der Waals surface area (Å²) in [5.74, 6) is 0. The summed E-state index contributed by atoms with van der Waals surface area (Å²) in [5, 5.41) is 2.15. The maximum absolute atomic E-state index is 5.87. The molecule has 0 aromatic carbocycles. The quantitative estimate of drug-likeness (QED) is 0.825. The van der Waals surface area contributed by atoms with Crippen molar-refractivity contribution in [1.29, 1.82) is 0 Å². The summed E-state index contributed by atoms with van der Waals surface area (Å²) in [5.41, 5.74) is 6.36. The van der Waals surface area contributed by atoms with E-state index in [9.17, 15) is 0 Å². The summed E-state index contributed by atoms with van der Waals surface area (Å²) in [7, 11) is 2.21. The van der Waals surface area contributed by atoms with E-state index < -0.39 is 0 Å². The van der Waals surface area contributed by atoms with Crippen LogP contribution in [0.3, 0.4) is 0 Å². The van der Waals surface area contributed by atoms with Gasteiger partial charge in [-0.05, 0) is 56.3 Å². The van der Waals surface area contributed by atoms with Crippen molar-refractivity contribution in [1.82, 2.24) is 4.90 Å². The van der Waals surface area contributed by atoms with E-state index in [4.69, 9.17) is 5.73 Å². The zero-order valence-corrected chi connectivity index (χ0v) is 10.9. The SMILES string of the molecule is CN(CCC1(CN)CCC1)Cc1cccs1. The van der Waals surface area contributed by atoms with E-state index in [0.29, 0.717) is 5.41 Å². The summed E-state index contributed by atoms with van der Waals surface area (Å²) >= 11 is 1.84. The van der Waals surface area contributed by atoms with Crippen LogP contribution in [0, 0.1) is 5.41 Å². The molecule has 2 rings (SSSR count). The van der Waals surface area contributed by atoms with Gasteiger partial charge in [0.25, 0.3) is 0 Å². The van der Waals surface area contributed by atoms with Gasteiger partial charge in [-0.25, -0.2) is 0 Å². The number of hydrogen-bond donors (Lipinski definition) is 1. The zero-order valence-electron chi connectivity index (χ0n) is 10.1. The van der Waals surface area contributed by atoms with Crippen LogP contribution in [0.5, 0.6) is 0 Å². The summed E-state index contributed by atoms with van der Waals surface area (Å²) in [4.78, 5) is 3.87. The average molecular weight is 238 g/mol. The van der Waals surface area contributed by atoms with Crippen LogP contribution < -0.4 is 5.73 Å². The van der Waals surface area contributed by atoms with E-state index in [0.717, 1.165) is 13.1 Å². The molecule has 1 aliphatic rings. The Hall–Kier alpha value is -0.380. The molecule has 1 aromatic heterocycles. The Morgan fingerprint density at radius 2 is 2.31 bits per heavy atom. The lowest BCUT2D eigenvalue weighted by atomic mass is 9.67. The molecule has 0 atom stereocenters. The largest absolute Gasteiger partial charge is 0.330 e. The molecule has 0 saturated heterocycles. The van der Waals surface area contributed by atoms with Gasteiger partial charge >= 0.3 is 0 Å². The average Bonchev–Trinajstić information content (AvgIpc) is 2.69. The number of nitrogens with zero attached hydrogens (tertiary/aromatic N) is 1. The van der Waals surface area contributed by atoms with Gasteiger partial charge in [0, 0.05) is 11.4 Å². The molecule has 2 nitrogen and oxygen atoms in total. The molecule has 0 spiro atoms. The monoisotopic (exact) mass is 238 g/mol. The molecule has 90 valence electrons. The van der Waals surface area contributed by atoms with Gasteiger partial charge in [0.15, 0.2) is 0 Å². The molecule has 0 unspecified atom stereocenters. The van der Waals surface area contributed by atoms with Gasteiger partial charge < -0.3 is 10.6 Å². The Kier molecular flexibility index (Phi) is 4.00. The predicted octanol–water partition coefficient (Wildman–Crippen LogP) is 2.70. The highest BCUT2D eigenvalue weighted by atomic mass is 32.1. The van der Waals surface area contributed by atoms with Gasteiger partial charge in [-0.1, -0.05) is 12.5 Å². The molecule has 16 heavy (non-hydrogen) atoms. The molecule has 1 saturated carbocycles. The molecule has 1 aromatic rings. The second-order valence-corrected chi connectivity index (χ2v) is 6.16. The van der Waals surface area contributed by atoms with Crippen LogP contribution in [0.4, 0.5) is 0 Å². The first kappa shape index (κ1) is 12.1. The van der Waals surface area contributed by atoms with Crippen molar-refractivity contribution in [2.24, 2.45) is 11.1 Å². The van der Waals surface area contributed by atoms with E-state index in [2.05, 4.69) is 29.5 Å². The smallest absolute Gasteiger partial charge is 0.0324 e. The molecule has 0 amide bonds. The Bertz CT molecular complexity index is 298. The third kappa shape index (κ3) is 2.84. The van der Waals surface area contributed by atoms with Crippen LogP contribution in [0.15, 0.2) is 17.5 Å². The van der Waals surface area contributed by atoms with Gasteiger partial charge in [0.2, 0.25) is 0 Å². The number of thiophene rings is 1. The fourth-order valence-corrected chi connectivity index (χ4v) is 3.19. The standard InChI is InChI=1S/C13H22N2S/c1-15(10-12-4-2-9-16-12)8-7-13(11-14)5-3-6-13/h2,4,9H,3,5-8,10-11,14H2,1H3. The summed E-state index contributed by atoms with van der Waals surface area (Å²) < 4.78 is 0. The summed E-state index contributed by atoms with van der Waals surface area (Å²) in [6, 6.07) is 4.34. The van der Waals surface area contributed by atoms with E-state index in [1.807, 2.05) is 11.3 Å². The predicted molar refractivity (Wildman–Crippen MR) is 70.6 cm³/mol. The van der Waals surface area contributed by atoms with Crippen LogP contribution in [-0.2, 0) is 6.54 Å². The van der Waals surface area contributed by atoms with E-state index in [1.165, 1.54) is 37.1 Å². The zero-order chi connectivity index (χ0) is 11.4. The van der Waals surface area contributed by atoms with Crippen molar-refractivity contribution < 1.29 is 0 Å². The molecule has 1 fully saturated rings. The van der Waals surface area contributed by atoms with Crippen LogP contribution in [0.25, 0.3) is 0 Å². The highest BCUT2D eigenvalue weighted by molar-refractivity contribution is 7.09. The van der Waals surface area contributed by atoms with Gasteiger partial charge in [-0.15, -0.1) is 11.3 Å². The minimum atomic E-state index is 0.490. The maximum atomic E-state index is 5.87. The fourth-order valence-electron chi connectivity index (χ4n) is 2.41. The minimum Gasteiger partial charge on any atom is -0.330 e. The van der Waals surface area contributed by atoms with Crippen molar-refractivity contribution in [3.8, 4) is 0 Å². The van der Waals surface area contributed by atoms with Crippen LogP contribution >= 0.6 is 11.3 Å². The van der Waals surface area contributed by atoms with Crippen LogP contribution in [0.2, 0.25) is 0 Å². The Labute approximate surface area is 102 Å². The first-order valence-corrected chi connectivity index (χ1v) is 7.03. The third-order valence-corrected chi connectivity index (χ3v) is 4.74. The van der Waals surface area contributed by atoms with Crippen LogP contribution in [-0.4, -0.2) is 25.0 Å². The lowest BCUT2D eigenvalue weighted by Crippen LogP contribution is -2.39. The topological polar surface area (TPSA) is 29.3 Å². The lowest BCUT2D eigenvalue weighted by molar-refractivity contribution is 0.111. The molecular weight excluding hydrogens is 216 g/mol. The molecular formula is C13H22N2S. The van der Waals surface area contributed by atoms with Crippen molar-refractivity contribution in [2.45, 2.75) is 32.2 Å². The van der Waals surface area contributed by atoms with Crippen molar-refractivity contribution >= 4 is 11.3 Å². The van der Waals surface area contributed by atoms with Gasteiger partial charge in [0.05, 0.1) is 0 Å². The van der Waals surface area contributed by atoms with Gasteiger partial charge in [-0.3, -0.25) is 0 Å². The van der Waals surface area contributed by atoms with E-state index >= 15 is 0 Å². The minimum absolute atomic E-state index is 0.490. The molecule has 3 heteroatoms. The van der Waals surface area contributed by atoms with Gasteiger partial charge in [0.1, 0.15) is 0 Å². The molecule has 0 bridgehead atoms. The highest BCUT2D eigenvalue weighted by Crippen LogP contribution is 2.42. The van der Waals surface area contributed by atoms with Gasteiger partial charge in [-0.2, -0.15) is 0 Å². The molecule has 1 aliphatic carbocycles. The van der Waals surface area contributed by atoms with Crippen LogP contribution in [0.1, 0.15) is 30.6 Å². The lowest BCUT2D eigenvalue weighted by Gasteiger charge is -2.42. The number of nitrogens with two attached hydrogens (primary N) is 1. The molecule has 1 heterocycles. The normalized spacial score (nSPS) is 18.7.